The van der Waals surface area contributed by atoms with Crippen LogP contribution in [0.3, 0.4) is 0 Å². The Morgan fingerprint density at radius 2 is 1.81 bits per heavy atom. The summed E-state index contributed by atoms with van der Waals surface area (Å²) >= 11 is 11.8. The monoisotopic (exact) mass is 337 g/mol. The largest absolute Gasteiger partial charge is 0.293 e. The summed E-state index contributed by atoms with van der Waals surface area (Å²) in [5, 5.41) is 9.43. The van der Waals surface area contributed by atoms with Crippen LogP contribution in [0.15, 0.2) is 47.4 Å². The SMILES string of the molecule is N#Cc1ccc(C(=O)CS(=O)c2cc(Cl)ccc2Cl)cc1. The van der Waals surface area contributed by atoms with Gasteiger partial charge in [0.25, 0.3) is 0 Å². The summed E-state index contributed by atoms with van der Waals surface area (Å²) in [6, 6.07) is 12.8. The number of nitriles is 1. The normalized spacial score (nSPS) is 11.7. The number of carbonyl (C=O) groups is 1. The Kier molecular flexibility index (Phi) is 5.13. The second-order valence-corrected chi connectivity index (χ2v) is 6.44. The van der Waals surface area contributed by atoms with Crippen LogP contribution in [-0.2, 0) is 10.8 Å². The lowest BCUT2D eigenvalue weighted by molar-refractivity contribution is 0.102. The number of Topliss-reactive ketones (excluding diaryl/α,β-unsaturated/α-hetero) is 1. The summed E-state index contributed by atoms with van der Waals surface area (Å²) in [7, 11) is -1.57. The number of nitrogens with zero attached hydrogens (tertiary/aromatic N) is 1. The van der Waals surface area contributed by atoms with Gasteiger partial charge < -0.3 is 0 Å². The molecule has 0 aliphatic heterocycles. The molecule has 6 heteroatoms. The van der Waals surface area contributed by atoms with E-state index in [4.69, 9.17) is 28.5 Å². The first-order valence-electron chi connectivity index (χ1n) is 5.88. The van der Waals surface area contributed by atoms with Gasteiger partial charge in [0.15, 0.2) is 5.78 Å². The van der Waals surface area contributed by atoms with E-state index >= 15 is 0 Å². The lowest BCUT2D eigenvalue weighted by atomic mass is 10.1. The second kappa shape index (κ2) is 6.86. The topological polar surface area (TPSA) is 57.9 Å². The van der Waals surface area contributed by atoms with Gasteiger partial charge in [0.1, 0.15) is 0 Å². The maximum atomic E-state index is 12.2. The van der Waals surface area contributed by atoms with Crippen LogP contribution in [0, 0.1) is 11.3 Å². The number of rotatable bonds is 4. The van der Waals surface area contributed by atoms with E-state index in [0.717, 1.165) is 0 Å². The summed E-state index contributed by atoms with van der Waals surface area (Å²) in [5.74, 6) is -0.472. The number of ketones is 1. The molecule has 0 heterocycles. The Balaban J connectivity index is 2.17. The molecular weight excluding hydrogens is 329 g/mol. The standard InChI is InChI=1S/C15H9Cl2NO2S/c16-12-5-6-13(17)15(7-12)21(20)9-14(19)11-3-1-10(8-18)2-4-11/h1-7H,9H2. The smallest absolute Gasteiger partial charge is 0.175 e. The van der Waals surface area contributed by atoms with Crippen molar-refractivity contribution in [1.82, 2.24) is 0 Å². The maximum absolute atomic E-state index is 12.2. The van der Waals surface area contributed by atoms with Gasteiger partial charge in [-0.3, -0.25) is 9.00 Å². The van der Waals surface area contributed by atoms with Crippen LogP contribution in [0.4, 0.5) is 0 Å². The summed E-state index contributed by atoms with van der Waals surface area (Å²) in [4.78, 5) is 12.4. The van der Waals surface area contributed by atoms with Crippen LogP contribution >= 0.6 is 23.2 Å². The Morgan fingerprint density at radius 3 is 2.43 bits per heavy atom. The number of halogens is 2. The minimum absolute atomic E-state index is 0.189. The van der Waals surface area contributed by atoms with Crippen LogP contribution in [-0.4, -0.2) is 15.7 Å². The van der Waals surface area contributed by atoms with Crippen LogP contribution in [0.1, 0.15) is 15.9 Å². The molecule has 0 aromatic heterocycles. The molecule has 0 aliphatic carbocycles. The molecule has 1 atom stereocenters. The fourth-order valence-electron chi connectivity index (χ4n) is 1.66. The highest BCUT2D eigenvalue weighted by Gasteiger charge is 2.15. The van der Waals surface area contributed by atoms with Gasteiger partial charge in [-0.05, 0) is 30.3 Å². The highest BCUT2D eigenvalue weighted by molar-refractivity contribution is 7.86. The Labute approximate surface area is 134 Å². The molecule has 2 aromatic carbocycles. The molecule has 0 aliphatic rings. The van der Waals surface area contributed by atoms with Crippen molar-refractivity contribution in [3.05, 3.63) is 63.6 Å². The lowest BCUT2D eigenvalue weighted by Crippen LogP contribution is -2.11. The summed E-state index contributed by atoms with van der Waals surface area (Å²) in [5.41, 5.74) is 0.867. The van der Waals surface area contributed by atoms with Gasteiger partial charge in [-0.15, -0.1) is 0 Å². The van der Waals surface area contributed by atoms with E-state index < -0.39 is 10.8 Å². The summed E-state index contributed by atoms with van der Waals surface area (Å²) in [6.45, 7) is 0. The molecule has 21 heavy (non-hydrogen) atoms. The molecule has 0 radical (unpaired) electrons. The molecule has 3 nitrogen and oxygen atoms in total. The van der Waals surface area contributed by atoms with Gasteiger partial charge in [-0.25, -0.2) is 0 Å². The highest BCUT2D eigenvalue weighted by Crippen LogP contribution is 2.24. The predicted octanol–water partition coefficient (Wildman–Crippen LogP) is 3.86. The Hall–Kier alpha value is -1.67. The fraction of sp³-hybridized carbons (Fsp3) is 0.0667. The van der Waals surface area contributed by atoms with Gasteiger partial charge in [0.2, 0.25) is 0 Å². The van der Waals surface area contributed by atoms with Gasteiger partial charge >= 0.3 is 0 Å². The van der Waals surface area contributed by atoms with Crippen LogP contribution in [0.25, 0.3) is 0 Å². The van der Waals surface area contributed by atoms with Crippen molar-refractivity contribution in [3.8, 4) is 6.07 Å². The summed E-state index contributed by atoms with van der Waals surface area (Å²) in [6.07, 6.45) is 0. The minimum atomic E-state index is -1.57. The zero-order valence-corrected chi connectivity index (χ0v) is 13.0. The van der Waals surface area contributed by atoms with Crippen molar-refractivity contribution in [2.24, 2.45) is 0 Å². The third-order valence-corrected chi connectivity index (χ3v) is 4.77. The fourth-order valence-corrected chi connectivity index (χ4v) is 3.38. The average Bonchev–Trinajstić information content (AvgIpc) is 2.49. The molecular formula is C15H9Cl2NO2S. The van der Waals surface area contributed by atoms with E-state index in [1.807, 2.05) is 6.07 Å². The molecule has 2 rings (SSSR count). The third-order valence-electron chi connectivity index (χ3n) is 2.74. The predicted molar refractivity (Wildman–Crippen MR) is 83.2 cm³/mol. The van der Waals surface area contributed by atoms with Crippen molar-refractivity contribution in [3.63, 3.8) is 0 Å². The van der Waals surface area contributed by atoms with Gasteiger partial charge in [0, 0.05) is 10.6 Å². The van der Waals surface area contributed by atoms with Crippen molar-refractivity contribution < 1.29 is 9.00 Å². The molecule has 0 fully saturated rings. The van der Waals surface area contributed by atoms with E-state index in [0.29, 0.717) is 26.1 Å². The number of carbonyl (C=O) groups excluding carboxylic acids is 1. The maximum Gasteiger partial charge on any atom is 0.175 e. The lowest BCUT2D eigenvalue weighted by Gasteiger charge is -2.05. The van der Waals surface area contributed by atoms with Gasteiger partial charge in [0.05, 0.1) is 38.1 Å². The van der Waals surface area contributed by atoms with Crippen molar-refractivity contribution in [1.29, 1.82) is 5.26 Å². The second-order valence-electron chi connectivity index (χ2n) is 4.18. The Morgan fingerprint density at radius 1 is 1.14 bits per heavy atom. The van der Waals surface area contributed by atoms with E-state index in [1.54, 1.807) is 24.3 Å². The first-order valence-corrected chi connectivity index (χ1v) is 7.95. The van der Waals surface area contributed by atoms with Crippen molar-refractivity contribution >= 4 is 39.8 Å². The first kappa shape index (κ1) is 15.7. The molecule has 106 valence electrons. The van der Waals surface area contributed by atoms with E-state index in [1.165, 1.54) is 18.2 Å². The molecule has 0 saturated heterocycles. The quantitative estimate of drug-likeness (QED) is 0.796. The van der Waals surface area contributed by atoms with Crippen molar-refractivity contribution in [2.75, 3.05) is 5.75 Å². The molecule has 0 amide bonds. The van der Waals surface area contributed by atoms with E-state index in [9.17, 15) is 9.00 Å². The van der Waals surface area contributed by atoms with Crippen LogP contribution in [0.2, 0.25) is 10.0 Å². The van der Waals surface area contributed by atoms with Gasteiger partial charge in [-0.1, -0.05) is 35.3 Å². The zero-order valence-electron chi connectivity index (χ0n) is 10.7. The minimum Gasteiger partial charge on any atom is -0.293 e. The molecule has 0 bridgehead atoms. The Bertz CT molecular complexity index is 751. The zero-order chi connectivity index (χ0) is 15.4. The number of benzene rings is 2. The van der Waals surface area contributed by atoms with E-state index in [2.05, 4.69) is 0 Å². The van der Waals surface area contributed by atoms with Crippen LogP contribution in [0.5, 0.6) is 0 Å². The molecule has 0 N–H and O–H groups in total. The van der Waals surface area contributed by atoms with E-state index in [-0.39, 0.29) is 11.5 Å². The van der Waals surface area contributed by atoms with Crippen LogP contribution < -0.4 is 0 Å². The van der Waals surface area contributed by atoms with Gasteiger partial charge in [-0.2, -0.15) is 5.26 Å². The highest BCUT2D eigenvalue weighted by atomic mass is 35.5. The third kappa shape index (κ3) is 3.92. The summed E-state index contributed by atoms with van der Waals surface area (Å²) < 4.78 is 12.2. The number of hydrogen-bond donors (Lipinski definition) is 0. The first-order chi connectivity index (χ1) is 10.0. The molecule has 2 aromatic rings. The molecule has 1 unspecified atom stereocenters. The average molecular weight is 338 g/mol. The molecule has 0 saturated carbocycles. The number of hydrogen-bond acceptors (Lipinski definition) is 3. The molecule has 0 spiro atoms. The van der Waals surface area contributed by atoms with Crippen molar-refractivity contribution in [2.45, 2.75) is 4.90 Å².